The van der Waals surface area contributed by atoms with E-state index in [1.54, 1.807) is 25.1 Å². The molecule has 6 nitrogen and oxygen atoms in total. The zero-order chi connectivity index (χ0) is 15.1. The molecule has 108 valence electrons. The smallest absolute Gasteiger partial charge is 0.338 e. The van der Waals surface area contributed by atoms with Gasteiger partial charge in [-0.15, -0.1) is 0 Å². The van der Waals surface area contributed by atoms with E-state index in [9.17, 15) is 14.4 Å². The summed E-state index contributed by atoms with van der Waals surface area (Å²) in [5.74, 6) is -1.28. The molecule has 0 fully saturated rings. The lowest BCUT2D eigenvalue weighted by atomic mass is 10.2. The normalized spacial score (nSPS) is 11.3. The lowest BCUT2D eigenvalue weighted by Crippen LogP contribution is -2.44. The molecule has 0 bridgehead atoms. The Morgan fingerprint density at radius 1 is 1.35 bits per heavy atom. The van der Waals surface area contributed by atoms with Crippen molar-refractivity contribution < 1.29 is 19.1 Å². The number of esters is 1. The van der Waals surface area contributed by atoms with Gasteiger partial charge in [-0.3, -0.25) is 10.1 Å². The average Bonchev–Trinajstić information content (AvgIpc) is 2.38. The Kier molecular flexibility index (Phi) is 6.43. The maximum absolute atomic E-state index is 11.8. The number of carbonyl (C=O) groups is 3. The summed E-state index contributed by atoms with van der Waals surface area (Å²) >= 11 is 2.07. The molecule has 0 spiro atoms. The van der Waals surface area contributed by atoms with Gasteiger partial charge in [0.25, 0.3) is 5.91 Å². The molecule has 3 amide bonds. The van der Waals surface area contributed by atoms with Crippen molar-refractivity contribution in [1.82, 2.24) is 10.6 Å². The van der Waals surface area contributed by atoms with Gasteiger partial charge in [0.1, 0.15) is 0 Å². The van der Waals surface area contributed by atoms with Crippen LogP contribution in [0.25, 0.3) is 0 Å². The summed E-state index contributed by atoms with van der Waals surface area (Å²) in [6.07, 6.45) is -1.05. The Balaban J connectivity index is 2.57. The van der Waals surface area contributed by atoms with Crippen LogP contribution in [0, 0.1) is 3.57 Å². The minimum absolute atomic E-state index is 0.356. The summed E-state index contributed by atoms with van der Waals surface area (Å²) in [4.78, 5) is 34.6. The van der Waals surface area contributed by atoms with Crippen LogP contribution in [0.1, 0.15) is 24.2 Å². The highest BCUT2D eigenvalue weighted by Crippen LogP contribution is 2.10. The fourth-order valence-corrected chi connectivity index (χ4v) is 1.86. The molecule has 20 heavy (non-hydrogen) atoms. The van der Waals surface area contributed by atoms with E-state index in [2.05, 4.69) is 33.2 Å². The first-order chi connectivity index (χ1) is 9.43. The van der Waals surface area contributed by atoms with E-state index in [0.29, 0.717) is 12.1 Å². The fourth-order valence-electron chi connectivity index (χ4n) is 1.32. The van der Waals surface area contributed by atoms with Gasteiger partial charge in [-0.05, 0) is 54.6 Å². The molecule has 1 rings (SSSR count). The van der Waals surface area contributed by atoms with Crippen molar-refractivity contribution in [2.24, 2.45) is 0 Å². The van der Waals surface area contributed by atoms with Crippen molar-refractivity contribution in [3.8, 4) is 0 Å². The van der Waals surface area contributed by atoms with Crippen LogP contribution in [0.2, 0.25) is 0 Å². The second kappa shape index (κ2) is 7.83. The van der Waals surface area contributed by atoms with E-state index in [0.717, 1.165) is 3.57 Å². The van der Waals surface area contributed by atoms with Gasteiger partial charge in [-0.1, -0.05) is 6.07 Å². The minimum atomic E-state index is -1.05. The van der Waals surface area contributed by atoms with Gasteiger partial charge in [0, 0.05) is 10.1 Å². The van der Waals surface area contributed by atoms with Gasteiger partial charge in [0.15, 0.2) is 6.10 Å². The van der Waals surface area contributed by atoms with Crippen LogP contribution in [0.15, 0.2) is 24.3 Å². The Morgan fingerprint density at radius 2 is 2.05 bits per heavy atom. The fraction of sp³-hybridized carbons (Fsp3) is 0.308. The van der Waals surface area contributed by atoms with E-state index >= 15 is 0 Å². The molecule has 0 radical (unpaired) electrons. The van der Waals surface area contributed by atoms with Crippen molar-refractivity contribution in [2.45, 2.75) is 20.0 Å². The summed E-state index contributed by atoms with van der Waals surface area (Å²) < 4.78 is 5.88. The van der Waals surface area contributed by atoms with Crippen LogP contribution < -0.4 is 10.6 Å². The summed E-state index contributed by atoms with van der Waals surface area (Å²) in [6.45, 7) is 3.53. The Hall–Kier alpha value is -1.64. The third kappa shape index (κ3) is 5.16. The largest absolute Gasteiger partial charge is 0.449 e. The van der Waals surface area contributed by atoms with E-state index in [-0.39, 0.29) is 0 Å². The topological polar surface area (TPSA) is 84.5 Å². The van der Waals surface area contributed by atoms with Crippen LogP contribution in [0.3, 0.4) is 0 Å². The average molecular weight is 390 g/mol. The summed E-state index contributed by atoms with van der Waals surface area (Å²) in [5, 5.41) is 4.49. The number of rotatable bonds is 4. The molecule has 1 unspecified atom stereocenters. The van der Waals surface area contributed by atoms with Crippen LogP contribution in [0.4, 0.5) is 4.79 Å². The predicted octanol–water partition coefficient (Wildman–Crippen LogP) is 1.68. The number of benzene rings is 1. The molecule has 0 aliphatic rings. The molecule has 1 atom stereocenters. The van der Waals surface area contributed by atoms with Gasteiger partial charge in [-0.25, -0.2) is 9.59 Å². The number of imide groups is 1. The zero-order valence-corrected chi connectivity index (χ0v) is 13.3. The molecule has 0 aliphatic carbocycles. The standard InChI is InChI=1S/C13H15IN2O4/c1-3-15-13(19)16-11(17)8(2)20-12(18)9-5-4-6-10(14)7-9/h4-8H,3H2,1-2H3,(H2,15,16,17,19). The highest BCUT2D eigenvalue weighted by atomic mass is 127. The van der Waals surface area contributed by atoms with Crippen molar-refractivity contribution in [2.75, 3.05) is 6.54 Å². The molecular weight excluding hydrogens is 375 g/mol. The molecule has 7 heteroatoms. The Bertz CT molecular complexity index is 519. The first kappa shape index (κ1) is 16.4. The zero-order valence-electron chi connectivity index (χ0n) is 11.1. The molecule has 2 N–H and O–H groups in total. The van der Waals surface area contributed by atoms with Crippen molar-refractivity contribution >= 4 is 40.5 Å². The first-order valence-corrected chi connectivity index (χ1v) is 7.07. The first-order valence-electron chi connectivity index (χ1n) is 5.99. The molecule has 0 aromatic heterocycles. The number of ether oxygens (including phenoxy) is 1. The van der Waals surface area contributed by atoms with E-state index in [1.807, 2.05) is 6.07 Å². The van der Waals surface area contributed by atoms with Crippen LogP contribution in [0.5, 0.6) is 0 Å². The molecule has 0 saturated heterocycles. The van der Waals surface area contributed by atoms with Crippen LogP contribution in [-0.2, 0) is 9.53 Å². The van der Waals surface area contributed by atoms with Gasteiger partial charge < -0.3 is 10.1 Å². The van der Waals surface area contributed by atoms with Crippen molar-refractivity contribution in [3.05, 3.63) is 33.4 Å². The Morgan fingerprint density at radius 3 is 2.65 bits per heavy atom. The van der Waals surface area contributed by atoms with Gasteiger partial charge in [0.2, 0.25) is 0 Å². The van der Waals surface area contributed by atoms with Crippen molar-refractivity contribution in [1.29, 1.82) is 0 Å². The number of halogens is 1. The minimum Gasteiger partial charge on any atom is -0.449 e. The van der Waals surface area contributed by atoms with E-state index in [1.165, 1.54) is 6.92 Å². The van der Waals surface area contributed by atoms with Gasteiger partial charge in [-0.2, -0.15) is 0 Å². The number of carbonyl (C=O) groups excluding carboxylic acids is 3. The number of urea groups is 1. The number of hydrogen-bond donors (Lipinski definition) is 2. The second-order valence-electron chi connectivity index (χ2n) is 3.91. The second-order valence-corrected chi connectivity index (χ2v) is 5.15. The predicted molar refractivity (Wildman–Crippen MR) is 81.3 cm³/mol. The summed E-state index contributed by atoms with van der Waals surface area (Å²) in [5.41, 5.74) is 0.356. The molecule has 1 aromatic rings. The SMILES string of the molecule is CCNC(=O)NC(=O)C(C)OC(=O)c1cccc(I)c1. The van der Waals surface area contributed by atoms with E-state index < -0.39 is 24.0 Å². The molecule has 0 saturated carbocycles. The Labute approximate surface area is 130 Å². The van der Waals surface area contributed by atoms with Crippen LogP contribution in [-0.4, -0.2) is 30.6 Å². The highest BCUT2D eigenvalue weighted by Gasteiger charge is 2.20. The summed E-state index contributed by atoms with van der Waals surface area (Å²) in [7, 11) is 0. The lowest BCUT2D eigenvalue weighted by molar-refractivity contribution is -0.127. The third-order valence-electron chi connectivity index (χ3n) is 2.29. The monoisotopic (exact) mass is 390 g/mol. The number of hydrogen-bond acceptors (Lipinski definition) is 4. The maximum atomic E-state index is 11.8. The third-order valence-corrected chi connectivity index (χ3v) is 2.96. The summed E-state index contributed by atoms with van der Waals surface area (Å²) in [6, 6.07) is 6.19. The molecule has 0 heterocycles. The molecule has 0 aliphatic heterocycles. The van der Waals surface area contributed by atoms with Crippen LogP contribution >= 0.6 is 22.6 Å². The number of amides is 3. The molecular formula is C13H15IN2O4. The van der Waals surface area contributed by atoms with Gasteiger partial charge in [0.05, 0.1) is 5.56 Å². The number of nitrogens with one attached hydrogen (secondary N) is 2. The van der Waals surface area contributed by atoms with Gasteiger partial charge >= 0.3 is 12.0 Å². The lowest BCUT2D eigenvalue weighted by Gasteiger charge is -2.13. The molecule has 1 aromatic carbocycles. The quantitative estimate of drug-likeness (QED) is 0.606. The highest BCUT2D eigenvalue weighted by molar-refractivity contribution is 14.1. The van der Waals surface area contributed by atoms with Crippen molar-refractivity contribution in [3.63, 3.8) is 0 Å². The maximum Gasteiger partial charge on any atom is 0.338 e. The van der Waals surface area contributed by atoms with E-state index in [4.69, 9.17) is 4.74 Å².